The highest BCUT2D eigenvalue weighted by atomic mass is 35.5. The average molecular weight is 448 g/mol. The first-order chi connectivity index (χ1) is 14.2. The molecule has 0 atom stereocenters. The van der Waals surface area contributed by atoms with Gasteiger partial charge in [0.1, 0.15) is 11.6 Å². The number of methoxy groups -OCH3 is 1. The molecule has 0 saturated carbocycles. The fourth-order valence-electron chi connectivity index (χ4n) is 3.98. The molecule has 0 radical (unpaired) electrons. The molecule has 1 fully saturated rings. The van der Waals surface area contributed by atoms with Crippen LogP contribution in [0.2, 0.25) is 0 Å². The topological polar surface area (TPSA) is 48.8 Å². The Hall–Kier alpha value is -1.86. The normalized spacial score (nSPS) is 14.7. The first kappa shape index (κ1) is 22.8. The molecule has 7 heteroatoms. The molecular formula is C23H30ClN3O2S. The Balaban J connectivity index is 0.00000256. The second kappa shape index (κ2) is 10.4. The summed E-state index contributed by atoms with van der Waals surface area (Å²) in [5.41, 5.74) is 3.17. The van der Waals surface area contributed by atoms with Gasteiger partial charge in [-0.05, 0) is 53.9 Å². The fourth-order valence-corrected chi connectivity index (χ4v) is 4.87. The first-order valence-corrected chi connectivity index (χ1v) is 11.2. The van der Waals surface area contributed by atoms with E-state index in [-0.39, 0.29) is 19.0 Å². The monoisotopic (exact) mass is 447 g/mol. The number of aliphatic hydroxyl groups excluding tert-OH is 1. The molecule has 30 heavy (non-hydrogen) atoms. The predicted octanol–water partition coefficient (Wildman–Crippen LogP) is 4.46. The molecule has 0 bridgehead atoms. The number of thiophene rings is 1. The zero-order chi connectivity index (χ0) is 20.2. The summed E-state index contributed by atoms with van der Waals surface area (Å²) in [4.78, 5) is 10.0. The molecular weight excluding hydrogens is 418 g/mol. The van der Waals surface area contributed by atoms with Crippen molar-refractivity contribution in [2.24, 2.45) is 0 Å². The van der Waals surface area contributed by atoms with Crippen LogP contribution in [0.5, 0.6) is 5.75 Å². The lowest BCUT2D eigenvalue weighted by Crippen LogP contribution is -2.46. The summed E-state index contributed by atoms with van der Waals surface area (Å²) < 4.78 is 6.89. The van der Waals surface area contributed by atoms with Gasteiger partial charge in [0.2, 0.25) is 0 Å². The second-order valence-electron chi connectivity index (χ2n) is 7.45. The molecule has 3 heterocycles. The summed E-state index contributed by atoms with van der Waals surface area (Å²) >= 11 is 1.77. The van der Waals surface area contributed by atoms with E-state index in [0.717, 1.165) is 74.0 Å². The van der Waals surface area contributed by atoms with Gasteiger partial charge >= 0.3 is 0 Å². The number of aryl methyl sites for hydroxylation is 1. The summed E-state index contributed by atoms with van der Waals surface area (Å²) in [5.74, 6) is 1.97. The van der Waals surface area contributed by atoms with E-state index in [1.807, 2.05) is 0 Å². The molecule has 1 aliphatic heterocycles. The first-order valence-electron chi connectivity index (χ1n) is 10.4. The molecule has 0 unspecified atom stereocenters. The highest BCUT2D eigenvalue weighted by Crippen LogP contribution is 2.35. The third-order valence-corrected chi connectivity index (χ3v) is 6.65. The van der Waals surface area contributed by atoms with Gasteiger partial charge < -0.3 is 19.6 Å². The smallest absolute Gasteiger partial charge is 0.147 e. The molecule has 1 aliphatic rings. The number of benzene rings is 1. The largest absolute Gasteiger partial charge is 0.496 e. The van der Waals surface area contributed by atoms with Gasteiger partial charge in [0.25, 0.3) is 0 Å². The maximum atomic E-state index is 9.13. The van der Waals surface area contributed by atoms with Gasteiger partial charge in [-0.2, -0.15) is 0 Å². The lowest BCUT2D eigenvalue weighted by Gasteiger charge is -2.35. The van der Waals surface area contributed by atoms with Crippen molar-refractivity contribution in [3.05, 3.63) is 41.3 Å². The molecule has 0 aliphatic carbocycles. The van der Waals surface area contributed by atoms with Crippen LogP contribution < -0.4 is 9.64 Å². The highest BCUT2D eigenvalue weighted by Gasteiger charge is 2.20. The van der Waals surface area contributed by atoms with Crippen LogP contribution in [0.25, 0.3) is 21.3 Å². The van der Waals surface area contributed by atoms with Crippen LogP contribution in [0.15, 0.2) is 35.7 Å². The Morgan fingerprint density at radius 2 is 1.93 bits per heavy atom. The summed E-state index contributed by atoms with van der Waals surface area (Å²) in [6, 6.07) is 10.7. The number of aliphatic hydroxyl groups is 1. The zero-order valence-corrected chi connectivity index (χ0v) is 19.3. The van der Waals surface area contributed by atoms with Gasteiger partial charge in [0.15, 0.2) is 0 Å². The van der Waals surface area contributed by atoms with E-state index in [1.54, 1.807) is 18.4 Å². The predicted molar refractivity (Wildman–Crippen MR) is 129 cm³/mol. The summed E-state index contributed by atoms with van der Waals surface area (Å²) in [6.45, 7) is 7.73. The minimum Gasteiger partial charge on any atom is -0.496 e. The molecule has 0 spiro atoms. The van der Waals surface area contributed by atoms with Gasteiger partial charge in [-0.25, -0.2) is 4.98 Å². The van der Waals surface area contributed by atoms with E-state index in [0.29, 0.717) is 0 Å². The van der Waals surface area contributed by atoms with Crippen molar-refractivity contribution < 1.29 is 9.84 Å². The molecule has 1 aromatic carbocycles. The Morgan fingerprint density at radius 1 is 1.13 bits per heavy atom. The standard InChI is InChI=1S/C23H29N3O2S.ClH/c1-3-25-9-11-26(12-10-25)23-22-19(8-14-29-22)15-20(24-23)18-7-6-17(5-4-13-27)21(16-18)28-2;/h6-8,14-16,27H,3-5,9-13H2,1-2H3;1H. The number of aromatic nitrogens is 1. The molecule has 5 nitrogen and oxygen atoms in total. The Kier molecular flexibility index (Phi) is 7.94. The SMILES string of the molecule is CCN1CCN(c2nc(-c3ccc(CCCO)c(OC)c3)cc3ccsc23)CC1.Cl. The molecule has 0 amide bonds. The highest BCUT2D eigenvalue weighted by molar-refractivity contribution is 7.17. The summed E-state index contributed by atoms with van der Waals surface area (Å²) in [7, 11) is 1.70. The minimum absolute atomic E-state index is 0. The molecule has 2 aromatic heterocycles. The second-order valence-corrected chi connectivity index (χ2v) is 8.36. The van der Waals surface area contributed by atoms with Gasteiger partial charge in [0.05, 0.1) is 17.5 Å². The quantitative estimate of drug-likeness (QED) is 0.579. The van der Waals surface area contributed by atoms with Crippen molar-refractivity contribution in [2.75, 3.05) is 51.3 Å². The van der Waals surface area contributed by atoms with Crippen molar-refractivity contribution in [1.29, 1.82) is 0 Å². The number of hydrogen-bond acceptors (Lipinski definition) is 6. The number of ether oxygens (including phenoxy) is 1. The zero-order valence-electron chi connectivity index (χ0n) is 17.6. The molecule has 1 N–H and O–H groups in total. The molecule has 3 aromatic rings. The number of halogens is 1. The van der Waals surface area contributed by atoms with Crippen LogP contribution >= 0.6 is 23.7 Å². The van der Waals surface area contributed by atoms with Crippen molar-refractivity contribution in [3.63, 3.8) is 0 Å². The third kappa shape index (κ3) is 4.72. The van der Waals surface area contributed by atoms with E-state index in [4.69, 9.17) is 14.8 Å². The molecule has 162 valence electrons. The van der Waals surface area contributed by atoms with Crippen LogP contribution in [-0.4, -0.2) is 61.4 Å². The maximum absolute atomic E-state index is 9.13. The number of piperazine rings is 1. The van der Waals surface area contributed by atoms with E-state index < -0.39 is 0 Å². The van der Waals surface area contributed by atoms with Gasteiger partial charge in [-0.3, -0.25) is 0 Å². The summed E-state index contributed by atoms with van der Waals surface area (Å²) in [5, 5.41) is 12.5. The van der Waals surface area contributed by atoms with E-state index in [9.17, 15) is 0 Å². The average Bonchev–Trinajstić information content (AvgIpc) is 3.25. The van der Waals surface area contributed by atoms with Crippen molar-refractivity contribution >= 4 is 39.6 Å². The van der Waals surface area contributed by atoms with Crippen LogP contribution in [0.3, 0.4) is 0 Å². The van der Waals surface area contributed by atoms with Crippen molar-refractivity contribution in [3.8, 4) is 17.0 Å². The molecule has 1 saturated heterocycles. The number of likely N-dealkylation sites (N-methyl/N-ethyl adjacent to an activating group) is 1. The fraction of sp³-hybridized carbons (Fsp3) is 0.435. The number of nitrogens with zero attached hydrogens (tertiary/aromatic N) is 3. The van der Waals surface area contributed by atoms with Crippen LogP contribution in [-0.2, 0) is 6.42 Å². The van der Waals surface area contributed by atoms with Crippen molar-refractivity contribution in [1.82, 2.24) is 9.88 Å². The lowest BCUT2D eigenvalue weighted by molar-refractivity contribution is 0.271. The van der Waals surface area contributed by atoms with Crippen molar-refractivity contribution in [2.45, 2.75) is 19.8 Å². The Labute approximate surface area is 188 Å². The van der Waals surface area contributed by atoms with Gasteiger partial charge in [0, 0.05) is 38.3 Å². The van der Waals surface area contributed by atoms with Gasteiger partial charge in [-0.15, -0.1) is 23.7 Å². The van der Waals surface area contributed by atoms with E-state index in [1.165, 1.54) is 10.1 Å². The Morgan fingerprint density at radius 3 is 2.63 bits per heavy atom. The Bertz CT molecular complexity index is 970. The maximum Gasteiger partial charge on any atom is 0.147 e. The van der Waals surface area contributed by atoms with E-state index >= 15 is 0 Å². The van der Waals surface area contributed by atoms with Crippen LogP contribution in [0, 0.1) is 0 Å². The third-order valence-electron chi connectivity index (χ3n) is 5.72. The summed E-state index contributed by atoms with van der Waals surface area (Å²) in [6.07, 6.45) is 1.55. The van der Waals surface area contributed by atoms with E-state index in [2.05, 4.69) is 52.4 Å². The number of anilines is 1. The number of fused-ring (bicyclic) bond motifs is 1. The lowest BCUT2D eigenvalue weighted by atomic mass is 10.0. The number of rotatable bonds is 7. The molecule has 4 rings (SSSR count). The van der Waals surface area contributed by atoms with Crippen LogP contribution in [0.1, 0.15) is 18.9 Å². The number of pyridine rings is 1. The van der Waals surface area contributed by atoms with Gasteiger partial charge in [-0.1, -0.05) is 19.1 Å². The van der Waals surface area contributed by atoms with Crippen LogP contribution in [0.4, 0.5) is 5.82 Å². The number of hydrogen-bond donors (Lipinski definition) is 1. The minimum atomic E-state index is 0.